The standard InChI is InChI=1S/C14H27N/c1-4-5-10-15-12-14(11-13(2)3)8-6-7-9-14/h4-5,13,15H,6-12H2,1-3H3/b5-4+. The van der Waals surface area contributed by atoms with E-state index in [4.69, 9.17) is 0 Å². The minimum absolute atomic E-state index is 0.621. The normalized spacial score (nSPS) is 20.5. The van der Waals surface area contributed by atoms with Crippen molar-refractivity contribution >= 4 is 0 Å². The summed E-state index contributed by atoms with van der Waals surface area (Å²) >= 11 is 0. The highest BCUT2D eigenvalue weighted by atomic mass is 14.9. The molecule has 88 valence electrons. The number of rotatable bonds is 6. The lowest BCUT2D eigenvalue weighted by atomic mass is 9.78. The minimum atomic E-state index is 0.621. The second-order valence-electron chi connectivity index (χ2n) is 5.51. The molecule has 0 aromatic carbocycles. The third kappa shape index (κ3) is 4.38. The Morgan fingerprint density at radius 1 is 1.27 bits per heavy atom. The summed E-state index contributed by atoms with van der Waals surface area (Å²) < 4.78 is 0. The van der Waals surface area contributed by atoms with Crippen LogP contribution in [0.3, 0.4) is 0 Å². The quantitative estimate of drug-likeness (QED) is 0.519. The first-order valence-electron chi connectivity index (χ1n) is 6.50. The van der Waals surface area contributed by atoms with Gasteiger partial charge in [0, 0.05) is 13.1 Å². The Morgan fingerprint density at radius 2 is 1.93 bits per heavy atom. The lowest BCUT2D eigenvalue weighted by molar-refractivity contribution is 0.227. The number of nitrogens with one attached hydrogen (secondary N) is 1. The van der Waals surface area contributed by atoms with Gasteiger partial charge in [-0.05, 0) is 37.5 Å². The molecule has 0 aliphatic heterocycles. The highest BCUT2D eigenvalue weighted by Gasteiger charge is 2.33. The summed E-state index contributed by atoms with van der Waals surface area (Å²) in [6, 6.07) is 0. The van der Waals surface area contributed by atoms with Gasteiger partial charge in [-0.1, -0.05) is 38.8 Å². The maximum atomic E-state index is 3.59. The molecule has 0 aromatic rings. The van der Waals surface area contributed by atoms with Crippen LogP contribution in [0.5, 0.6) is 0 Å². The molecular weight excluding hydrogens is 182 g/mol. The van der Waals surface area contributed by atoms with E-state index in [1.54, 1.807) is 0 Å². The van der Waals surface area contributed by atoms with Crippen LogP contribution in [0.2, 0.25) is 0 Å². The second-order valence-corrected chi connectivity index (χ2v) is 5.51. The van der Waals surface area contributed by atoms with Crippen molar-refractivity contribution in [2.75, 3.05) is 13.1 Å². The van der Waals surface area contributed by atoms with Gasteiger partial charge in [0.1, 0.15) is 0 Å². The van der Waals surface area contributed by atoms with Gasteiger partial charge >= 0.3 is 0 Å². The van der Waals surface area contributed by atoms with Crippen LogP contribution in [0.25, 0.3) is 0 Å². The topological polar surface area (TPSA) is 12.0 Å². The average molecular weight is 209 g/mol. The zero-order valence-electron chi connectivity index (χ0n) is 10.7. The zero-order valence-corrected chi connectivity index (χ0v) is 10.7. The Morgan fingerprint density at radius 3 is 2.47 bits per heavy atom. The molecule has 1 aliphatic carbocycles. The van der Waals surface area contributed by atoms with Gasteiger partial charge in [0.25, 0.3) is 0 Å². The smallest absolute Gasteiger partial charge is 0.0135 e. The van der Waals surface area contributed by atoms with E-state index in [1.807, 2.05) is 0 Å². The maximum Gasteiger partial charge on any atom is 0.0135 e. The molecule has 1 fully saturated rings. The predicted octanol–water partition coefficient (Wildman–Crippen LogP) is 3.76. The van der Waals surface area contributed by atoms with E-state index < -0.39 is 0 Å². The molecule has 1 heteroatoms. The van der Waals surface area contributed by atoms with Gasteiger partial charge in [-0.15, -0.1) is 0 Å². The first-order valence-corrected chi connectivity index (χ1v) is 6.50. The molecule has 0 unspecified atom stereocenters. The van der Waals surface area contributed by atoms with Crippen molar-refractivity contribution in [2.24, 2.45) is 11.3 Å². The van der Waals surface area contributed by atoms with Crippen LogP contribution >= 0.6 is 0 Å². The van der Waals surface area contributed by atoms with Crippen molar-refractivity contribution in [2.45, 2.75) is 52.9 Å². The van der Waals surface area contributed by atoms with Gasteiger partial charge in [0.15, 0.2) is 0 Å². The fraction of sp³-hybridized carbons (Fsp3) is 0.857. The van der Waals surface area contributed by atoms with E-state index in [0.29, 0.717) is 5.41 Å². The van der Waals surface area contributed by atoms with Crippen LogP contribution in [-0.2, 0) is 0 Å². The van der Waals surface area contributed by atoms with Crippen LogP contribution < -0.4 is 5.32 Å². The molecule has 15 heavy (non-hydrogen) atoms. The van der Waals surface area contributed by atoms with E-state index in [1.165, 1.54) is 38.6 Å². The van der Waals surface area contributed by atoms with Gasteiger partial charge < -0.3 is 5.32 Å². The molecule has 1 N–H and O–H groups in total. The Hall–Kier alpha value is -0.300. The van der Waals surface area contributed by atoms with Gasteiger partial charge in [-0.25, -0.2) is 0 Å². The molecule has 1 nitrogen and oxygen atoms in total. The first-order chi connectivity index (χ1) is 7.18. The maximum absolute atomic E-state index is 3.59. The molecule has 1 rings (SSSR count). The fourth-order valence-electron chi connectivity index (χ4n) is 2.98. The highest BCUT2D eigenvalue weighted by molar-refractivity contribution is 4.89. The van der Waals surface area contributed by atoms with E-state index in [9.17, 15) is 0 Å². The first kappa shape index (κ1) is 12.8. The van der Waals surface area contributed by atoms with Crippen molar-refractivity contribution in [3.8, 4) is 0 Å². The number of allylic oxidation sites excluding steroid dienone is 1. The summed E-state index contributed by atoms with van der Waals surface area (Å²) in [4.78, 5) is 0. The SMILES string of the molecule is C/C=C/CNCC1(CC(C)C)CCCC1. The molecule has 0 amide bonds. The van der Waals surface area contributed by atoms with Crippen LogP contribution in [0.4, 0.5) is 0 Å². The Bertz CT molecular complexity index is 188. The summed E-state index contributed by atoms with van der Waals surface area (Å²) in [5.74, 6) is 0.839. The van der Waals surface area contributed by atoms with Crippen LogP contribution in [0.15, 0.2) is 12.2 Å². The van der Waals surface area contributed by atoms with Crippen LogP contribution in [0, 0.1) is 11.3 Å². The average Bonchev–Trinajstić information content (AvgIpc) is 2.61. The zero-order chi connectivity index (χ0) is 11.1. The largest absolute Gasteiger partial charge is 0.313 e. The predicted molar refractivity (Wildman–Crippen MR) is 68.0 cm³/mol. The molecule has 0 atom stereocenters. The molecule has 0 bridgehead atoms. The Kier molecular flexibility index (Phi) is 5.38. The highest BCUT2D eigenvalue weighted by Crippen LogP contribution is 2.42. The molecular formula is C14H27N. The molecule has 0 aromatic heterocycles. The van der Waals surface area contributed by atoms with Crippen LogP contribution in [0.1, 0.15) is 52.9 Å². The van der Waals surface area contributed by atoms with Gasteiger partial charge in [-0.2, -0.15) is 0 Å². The van der Waals surface area contributed by atoms with E-state index in [2.05, 4.69) is 38.2 Å². The molecule has 1 aliphatic rings. The van der Waals surface area contributed by atoms with Crippen molar-refractivity contribution < 1.29 is 0 Å². The van der Waals surface area contributed by atoms with Gasteiger partial charge in [0.05, 0.1) is 0 Å². The minimum Gasteiger partial charge on any atom is -0.313 e. The van der Waals surface area contributed by atoms with E-state index in [0.717, 1.165) is 12.5 Å². The summed E-state index contributed by atoms with van der Waals surface area (Å²) in [6.45, 7) is 9.05. The summed E-state index contributed by atoms with van der Waals surface area (Å²) in [6.07, 6.45) is 11.5. The van der Waals surface area contributed by atoms with Crippen molar-refractivity contribution in [3.05, 3.63) is 12.2 Å². The van der Waals surface area contributed by atoms with E-state index in [-0.39, 0.29) is 0 Å². The third-order valence-corrected chi connectivity index (χ3v) is 3.50. The van der Waals surface area contributed by atoms with Crippen molar-refractivity contribution in [3.63, 3.8) is 0 Å². The summed E-state index contributed by atoms with van der Waals surface area (Å²) in [5, 5.41) is 3.59. The Balaban J connectivity index is 2.35. The number of hydrogen-bond acceptors (Lipinski definition) is 1. The second kappa shape index (κ2) is 6.32. The monoisotopic (exact) mass is 209 g/mol. The van der Waals surface area contributed by atoms with E-state index >= 15 is 0 Å². The van der Waals surface area contributed by atoms with Crippen LogP contribution in [-0.4, -0.2) is 13.1 Å². The molecule has 0 saturated heterocycles. The fourth-order valence-corrected chi connectivity index (χ4v) is 2.98. The van der Waals surface area contributed by atoms with Crippen molar-refractivity contribution in [1.29, 1.82) is 0 Å². The lowest BCUT2D eigenvalue weighted by Crippen LogP contribution is -2.33. The van der Waals surface area contributed by atoms with Gasteiger partial charge in [-0.3, -0.25) is 0 Å². The molecule has 0 spiro atoms. The van der Waals surface area contributed by atoms with Crippen molar-refractivity contribution in [1.82, 2.24) is 5.32 Å². The summed E-state index contributed by atoms with van der Waals surface area (Å²) in [5.41, 5.74) is 0.621. The lowest BCUT2D eigenvalue weighted by Gasteiger charge is -2.31. The third-order valence-electron chi connectivity index (χ3n) is 3.50. The summed E-state index contributed by atoms with van der Waals surface area (Å²) in [7, 11) is 0. The van der Waals surface area contributed by atoms with Gasteiger partial charge in [0.2, 0.25) is 0 Å². The molecule has 1 saturated carbocycles. The Labute approximate surface area is 95.3 Å². The number of hydrogen-bond donors (Lipinski definition) is 1. The molecule has 0 radical (unpaired) electrons. The molecule has 0 heterocycles.